The lowest BCUT2D eigenvalue weighted by molar-refractivity contribution is 1.12. The van der Waals surface area contributed by atoms with Crippen LogP contribution >= 0.6 is 35.1 Å². The topological polar surface area (TPSA) is 37.8 Å². The van der Waals surface area contributed by atoms with E-state index >= 15 is 0 Å². The second-order valence-corrected chi connectivity index (χ2v) is 5.91. The molecule has 0 aliphatic carbocycles. The molecule has 0 amide bonds. The van der Waals surface area contributed by atoms with Gasteiger partial charge in [-0.05, 0) is 40.9 Å². The summed E-state index contributed by atoms with van der Waals surface area (Å²) in [4.78, 5) is 8.73. The zero-order chi connectivity index (χ0) is 13.1. The van der Waals surface area contributed by atoms with Crippen molar-refractivity contribution in [3.05, 3.63) is 57.5 Å². The van der Waals surface area contributed by atoms with Gasteiger partial charge >= 0.3 is 0 Å². The van der Waals surface area contributed by atoms with Crippen molar-refractivity contribution in [1.29, 1.82) is 0 Å². The van der Waals surface area contributed by atoms with Gasteiger partial charge in [-0.3, -0.25) is 4.98 Å². The van der Waals surface area contributed by atoms with E-state index in [1.54, 1.807) is 28.9 Å². The van der Waals surface area contributed by atoms with Gasteiger partial charge in [0.05, 0.1) is 17.6 Å². The summed E-state index contributed by atoms with van der Waals surface area (Å²) in [5, 5.41) is 10.6. The second-order valence-electron chi connectivity index (χ2n) is 4.27. The second kappa shape index (κ2) is 6.83. The molecule has 0 fully saturated rings. The number of anilines is 2. The molecule has 0 aromatic carbocycles. The smallest absolute Gasteiger partial charge is 0.187 e. The molecule has 1 N–H and O–H groups in total. The number of halogens is 1. The minimum absolute atomic E-state index is 0. The minimum atomic E-state index is 0. The molecule has 3 nitrogen and oxygen atoms in total. The fraction of sp³-hybridized carbons (Fsp3) is 0.143. The zero-order valence-electron chi connectivity index (χ0n) is 10.9. The van der Waals surface area contributed by atoms with Crippen molar-refractivity contribution in [3.63, 3.8) is 0 Å². The van der Waals surface area contributed by atoms with Crippen LogP contribution in [0.4, 0.5) is 10.8 Å². The largest absolute Gasteiger partial charge is 0.330 e. The Morgan fingerprint density at radius 1 is 1.25 bits per heavy atom. The molecule has 3 aromatic heterocycles. The van der Waals surface area contributed by atoms with E-state index in [0.717, 1.165) is 22.9 Å². The van der Waals surface area contributed by atoms with Crippen LogP contribution in [0.2, 0.25) is 0 Å². The first-order valence-electron chi connectivity index (χ1n) is 5.94. The number of hydrogen-bond acceptors (Lipinski definition) is 5. The predicted molar refractivity (Wildman–Crippen MR) is 88.7 cm³/mol. The fourth-order valence-electron chi connectivity index (χ4n) is 1.76. The molecule has 104 valence electrons. The van der Waals surface area contributed by atoms with Crippen molar-refractivity contribution in [2.75, 3.05) is 5.32 Å². The van der Waals surface area contributed by atoms with Crippen LogP contribution in [0.5, 0.6) is 0 Å². The normalized spacial score (nSPS) is 10.1. The van der Waals surface area contributed by atoms with Crippen molar-refractivity contribution in [2.45, 2.75) is 13.3 Å². The summed E-state index contributed by atoms with van der Waals surface area (Å²) in [6.45, 7) is 2.06. The summed E-state index contributed by atoms with van der Waals surface area (Å²) < 4.78 is 0. The Balaban J connectivity index is 0.00000147. The summed E-state index contributed by atoms with van der Waals surface area (Å²) in [5.41, 5.74) is 4.61. The summed E-state index contributed by atoms with van der Waals surface area (Å²) in [6.07, 6.45) is 4.52. The molecular weight excluding hydrogens is 310 g/mol. The molecule has 0 aliphatic heterocycles. The first-order valence-corrected chi connectivity index (χ1v) is 7.76. The van der Waals surface area contributed by atoms with Gasteiger partial charge in [0.2, 0.25) is 0 Å². The maximum atomic E-state index is 4.61. The van der Waals surface area contributed by atoms with Gasteiger partial charge in [0.15, 0.2) is 5.13 Å². The Kier molecular flexibility index (Phi) is 5.11. The highest BCUT2D eigenvalue weighted by Crippen LogP contribution is 2.24. The van der Waals surface area contributed by atoms with Gasteiger partial charge < -0.3 is 5.32 Å². The maximum Gasteiger partial charge on any atom is 0.187 e. The van der Waals surface area contributed by atoms with E-state index in [-0.39, 0.29) is 12.4 Å². The molecule has 0 bridgehead atoms. The predicted octanol–water partition coefficient (Wildman–Crippen LogP) is 4.66. The number of nitrogens with one attached hydrogen (secondary N) is 1. The Morgan fingerprint density at radius 2 is 2.15 bits per heavy atom. The number of pyridine rings is 1. The van der Waals surface area contributed by atoms with E-state index in [0.29, 0.717) is 0 Å². The summed E-state index contributed by atoms with van der Waals surface area (Å²) in [6, 6.07) is 4.13. The molecule has 0 aliphatic rings. The van der Waals surface area contributed by atoms with Crippen molar-refractivity contribution >= 4 is 45.9 Å². The highest BCUT2D eigenvalue weighted by atomic mass is 35.5. The van der Waals surface area contributed by atoms with E-state index in [1.165, 1.54) is 11.1 Å². The van der Waals surface area contributed by atoms with Crippen molar-refractivity contribution < 1.29 is 0 Å². The average Bonchev–Trinajstić information content (AvgIpc) is 3.05. The third kappa shape index (κ3) is 3.56. The number of hydrogen-bond donors (Lipinski definition) is 1. The first-order chi connectivity index (χ1) is 9.31. The summed E-state index contributed by atoms with van der Waals surface area (Å²) in [7, 11) is 0. The number of thiazole rings is 1. The molecular formula is C14H14ClN3S2. The minimum Gasteiger partial charge on any atom is -0.330 e. The van der Waals surface area contributed by atoms with Gasteiger partial charge in [-0.2, -0.15) is 11.3 Å². The van der Waals surface area contributed by atoms with Gasteiger partial charge in [0.25, 0.3) is 0 Å². The van der Waals surface area contributed by atoms with E-state index in [1.807, 2.05) is 12.3 Å². The lowest BCUT2D eigenvalue weighted by Crippen LogP contribution is -1.94. The molecule has 3 rings (SSSR count). The molecule has 0 saturated carbocycles. The van der Waals surface area contributed by atoms with Crippen LogP contribution in [0.1, 0.15) is 16.8 Å². The standard InChI is InChI=1S/C14H13N3S2.ClH/c1-10-2-4-15-7-13(10)17-14-16-12(9-19-14)6-11-3-5-18-8-11;/h2-5,7-9H,6H2,1H3,(H,16,17);1H. The van der Waals surface area contributed by atoms with Crippen molar-refractivity contribution in [3.8, 4) is 0 Å². The third-order valence-corrected chi connectivity index (χ3v) is 4.34. The Hall–Kier alpha value is -1.43. The van der Waals surface area contributed by atoms with Crippen LogP contribution in [-0.2, 0) is 6.42 Å². The van der Waals surface area contributed by atoms with Crippen molar-refractivity contribution in [2.24, 2.45) is 0 Å². The highest BCUT2D eigenvalue weighted by Gasteiger charge is 2.05. The van der Waals surface area contributed by atoms with E-state index in [4.69, 9.17) is 0 Å². The van der Waals surface area contributed by atoms with Crippen LogP contribution in [-0.4, -0.2) is 9.97 Å². The fourth-order valence-corrected chi connectivity index (χ4v) is 3.15. The third-order valence-electron chi connectivity index (χ3n) is 2.80. The summed E-state index contributed by atoms with van der Waals surface area (Å²) >= 11 is 3.35. The highest BCUT2D eigenvalue weighted by molar-refractivity contribution is 7.13. The van der Waals surface area contributed by atoms with Crippen LogP contribution in [0.25, 0.3) is 0 Å². The number of aromatic nitrogens is 2. The maximum absolute atomic E-state index is 4.61. The molecule has 3 heterocycles. The quantitative estimate of drug-likeness (QED) is 0.758. The number of rotatable bonds is 4. The molecule has 0 saturated heterocycles. The van der Waals surface area contributed by atoms with Gasteiger partial charge in [-0.15, -0.1) is 23.7 Å². The summed E-state index contributed by atoms with van der Waals surface area (Å²) in [5.74, 6) is 0. The first kappa shape index (κ1) is 15.0. The lowest BCUT2D eigenvalue weighted by atomic mass is 10.2. The Morgan fingerprint density at radius 3 is 2.90 bits per heavy atom. The molecule has 3 aromatic rings. The Labute approximate surface area is 132 Å². The molecule has 0 atom stereocenters. The van der Waals surface area contributed by atoms with Crippen molar-refractivity contribution in [1.82, 2.24) is 9.97 Å². The van der Waals surface area contributed by atoms with Crippen LogP contribution in [0.15, 0.2) is 40.7 Å². The van der Waals surface area contributed by atoms with Gasteiger partial charge in [0, 0.05) is 18.0 Å². The Bertz CT molecular complexity index is 665. The van der Waals surface area contributed by atoms with E-state index < -0.39 is 0 Å². The molecule has 0 spiro atoms. The number of nitrogens with zero attached hydrogens (tertiary/aromatic N) is 2. The van der Waals surface area contributed by atoms with Gasteiger partial charge in [-0.25, -0.2) is 4.98 Å². The monoisotopic (exact) mass is 323 g/mol. The van der Waals surface area contributed by atoms with Gasteiger partial charge in [-0.1, -0.05) is 0 Å². The van der Waals surface area contributed by atoms with Crippen LogP contribution < -0.4 is 5.32 Å². The molecule has 0 radical (unpaired) electrons. The molecule has 0 unspecified atom stereocenters. The van der Waals surface area contributed by atoms with Crippen LogP contribution in [0.3, 0.4) is 0 Å². The van der Waals surface area contributed by atoms with E-state index in [2.05, 4.69) is 44.4 Å². The van der Waals surface area contributed by atoms with Crippen LogP contribution in [0, 0.1) is 6.92 Å². The zero-order valence-corrected chi connectivity index (χ0v) is 13.3. The molecule has 20 heavy (non-hydrogen) atoms. The average molecular weight is 324 g/mol. The SMILES string of the molecule is Cc1ccncc1Nc1nc(Cc2ccsc2)cs1.Cl. The molecule has 6 heteroatoms. The lowest BCUT2D eigenvalue weighted by Gasteiger charge is -2.04. The number of aryl methyl sites for hydroxylation is 1. The van der Waals surface area contributed by atoms with Gasteiger partial charge in [0.1, 0.15) is 0 Å². The number of thiophene rings is 1. The van der Waals surface area contributed by atoms with E-state index in [9.17, 15) is 0 Å².